The summed E-state index contributed by atoms with van der Waals surface area (Å²) in [4.78, 5) is 1.07. The molecule has 26 heavy (non-hydrogen) atoms. The second kappa shape index (κ2) is 7.83. The van der Waals surface area contributed by atoms with Gasteiger partial charge < -0.3 is 0 Å². The van der Waals surface area contributed by atoms with E-state index >= 15 is 0 Å². The minimum absolute atomic E-state index is 0.0174. The molecule has 1 aliphatic heterocycles. The lowest BCUT2D eigenvalue weighted by molar-refractivity contribution is 0.415. The van der Waals surface area contributed by atoms with E-state index in [-0.39, 0.29) is 12.0 Å². The van der Waals surface area contributed by atoms with Crippen LogP contribution >= 0.6 is 11.8 Å². The zero-order valence-corrected chi connectivity index (χ0v) is 16.6. The van der Waals surface area contributed by atoms with Gasteiger partial charge >= 0.3 is 0 Å². The van der Waals surface area contributed by atoms with Crippen LogP contribution in [0.1, 0.15) is 29.0 Å². The standard InChI is InChI=1S/C20H22N2O2S2/c1-15-10-20(9-8-17(15)12-21)25-14-19-11-18(13-22(19)26(2,23)24)16-6-4-3-5-7-16/h3-10,18-19H,11,13-14H2,1-2H3. The lowest BCUT2D eigenvalue weighted by atomic mass is 9.97. The Kier molecular flexibility index (Phi) is 5.71. The molecule has 2 aromatic rings. The molecule has 2 aromatic carbocycles. The molecule has 1 aliphatic rings. The van der Waals surface area contributed by atoms with Gasteiger partial charge in [-0.15, -0.1) is 11.8 Å². The molecule has 136 valence electrons. The van der Waals surface area contributed by atoms with Crippen LogP contribution in [0.2, 0.25) is 0 Å². The van der Waals surface area contributed by atoms with Crippen LogP contribution in [-0.4, -0.2) is 37.3 Å². The van der Waals surface area contributed by atoms with Gasteiger partial charge in [-0.1, -0.05) is 30.3 Å². The number of thioether (sulfide) groups is 1. The molecule has 0 aromatic heterocycles. The van der Waals surface area contributed by atoms with E-state index < -0.39 is 10.0 Å². The monoisotopic (exact) mass is 386 g/mol. The fourth-order valence-corrected chi connectivity index (χ4v) is 5.83. The van der Waals surface area contributed by atoms with Gasteiger partial charge in [-0.3, -0.25) is 0 Å². The lowest BCUT2D eigenvalue weighted by Crippen LogP contribution is -2.36. The molecule has 2 atom stereocenters. The van der Waals surface area contributed by atoms with E-state index in [4.69, 9.17) is 5.26 Å². The van der Waals surface area contributed by atoms with Crippen LogP contribution in [0.4, 0.5) is 0 Å². The van der Waals surface area contributed by atoms with Crippen molar-refractivity contribution in [1.29, 1.82) is 5.26 Å². The molecule has 0 amide bonds. The highest BCUT2D eigenvalue weighted by molar-refractivity contribution is 7.99. The maximum Gasteiger partial charge on any atom is 0.211 e. The first-order chi connectivity index (χ1) is 12.4. The predicted octanol–water partition coefficient (Wildman–Crippen LogP) is 3.78. The van der Waals surface area contributed by atoms with Crippen molar-refractivity contribution in [2.75, 3.05) is 18.6 Å². The van der Waals surface area contributed by atoms with Crippen molar-refractivity contribution in [2.45, 2.75) is 30.2 Å². The molecule has 0 spiro atoms. The van der Waals surface area contributed by atoms with Crippen LogP contribution in [0.15, 0.2) is 53.4 Å². The van der Waals surface area contributed by atoms with Gasteiger partial charge in [0.05, 0.1) is 17.9 Å². The summed E-state index contributed by atoms with van der Waals surface area (Å²) in [6.07, 6.45) is 2.13. The first kappa shape index (κ1) is 19.0. The first-order valence-electron chi connectivity index (χ1n) is 8.54. The van der Waals surface area contributed by atoms with Crippen molar-refractivity contribution in [2.24, 2.45) is 0 Å². The second-order valence-corrected chi connectivity index (χ2v) is 9.76. The number of nitrogens with zero attached hydrogens (tertiary/aromatic N) is 2. The fourth-order valence-electron chi connectivity index (χ4n) is 3.45. The third kappa shape index (κ3) is 4.29. The van der Waals surface area contributed by atoms with Crippen molar-refractivity contribution in [3.63, 3.8) is 0 Å². The van der Waals surface area contributed by atoms with Crippen LogP contribution < -0.4 is 0 Å². The summed E-state index contributed by atoms with van der Waals surface area (Å²) in [6.45, 7) is 2.47. The van der Waals surface area contributed by atoms with E-state index in [2.05, 4.69) is 18.2 Å². The third-order valence-corrected chi connectivity index (χ3v) is 7.26. The van der Waals surface area contributed by atoms with E-state index in [1.54, 1.807) is 16.1 Å². The Morgan fingerprint density at radius 1 is 1.23 bits per heavy atom. The van der Waals surface area contributed by atoms with Gasteiger partial charge in [0.1, 0.15) is 0 Å². The summed E-state index contributed by atoms with van der Waals surface area (Å²) in [7, 11) is -3.24. The quantitative estimate of drug-likeness (QED) is 0.734. The van der Waals surface area contributed by atoms with E-state index in [1.165, 1.54) is 11.8 Å². The molecule has 3 rings (SSSR count). The van der Waals surface area contributed by atoms with E-state index in [9.17, 15) is 8.42 Å². The molecular formula is C20H22N2O2S2. The van der Waals surface area contributed by atoms with Crippen molar-refractivity contribution in [3.05, 3.63) is 65.2 Å². The Bertz CT molecular complexity index is 921. The summed E-state index contributed by atoms with van der Waals surface area (Å²) >= 11 is 1.65. The molecule has 1 fully saturated rings. The summed E-state index contributed by atoms with van der Waals surface area (Å²) in [5.41, 5.74) is 2.83. The SMILES string of the molecule is Cc1cc(SCC2CC(c3ccccc3)CN2S(C)(=O)=O)ccc1C#N. The smallest absolute Gasteiger partial charge is 0.211 e. The number of sulfonamides is 1. The highest BCUT2D eigenvalue weighted by Crippen LogP contribution is 2.36. The van der Waals surface area contributed by atoms with Crippen LogP contribution in [0.5, 0.6) is 0 Å². The number of aryl methyl sites for hydroxylation is 1. The van der Waals surface area contributed by atoms with Crippen molar-refractivity contribution in [3.8, 4) is 6.07 Å². The normalized spacial score (nSPS) is 20.8. The van der Waals surface area contributed by atoms with Gasteiger partial charge in [0, 0.05) is 23.2 Å². The van der Waals surface area contributed by atoms with Gasteiger partial charge in [-0.25, -0.2) is 8.42 Å². The number of rotatable bonds is 5. The number of hydrogen-bond donors (Lipinski definition) is 0. The Hall–Kier alpha value is -1.81. The molecule has 1 heterocycles. The minimum Gasteiger partial charge on any atom is -0.212 e. The topological polar surface area (TPSA) is 61.2 Å². The largest absolute Gasteiger partial charge is 0.212 e. The summed E-state index contributed by atoms with van der Waals surface area (Å²) < 4.78 is 26.1. The highest BCUT2D eigenvalue weighted by atomic mass is 32.2. The molecule has 0 radical (unpaired) electrons. The van der Waals surface area contributed by atoms with E-state index in [1.807, 2.05) is 43.3 Å². The maximum atomic E-state index is 12.3. The number of benzene rings is 2. The molecule has 4 nitrogen and oxygen atoms in total. The Morgan fingerprint density at radius 2 is 1.96 bits per heavy atom. The molecule has 1 saturated heterocycles. The van der Waals surface area contributed by atoms with Gasteiger partial charge in [0.25, 0.3) is 0 Å². The van der Waals surface area contributed by atoms with Crippen LogP contribution in [-0.2, 0) is 10.0 Å². The maximum absolute atomic E-state index is 12.3. The predicted molar refractivity (Wildman–Crippen MR) is 106 cm³/mol. The van der Waals surface area contributed by atoms with Crippen LogP contribution in [0.3, 0.4) is 0 Å². The van der Waals surface area contributed by atoms with Crippen molar-refractivity contribution < 1.29 is 8.42 Å². The second-order valence-electron chi connectivity index (χ2n) is 6.73. The van der Waals surface area contributed by atoms with Crippen molar-refractivity contribution in [1.82, 2.24) is 4.31 Å². The minimum atomic E-state index is -3.24. The van der Waals surface area contributed by atoms with Crippen LogP contribution in [0, 0.1) is 18.3 Å². The molecule has 0 N–H and O–H groups in total. The van der Waals surface area contributed by atoms with Gasteiger partial charge in [-0.2, -0.15) is 9.57 Å². The summed E-state index contributed by atoms with van der Waals surface area (Å²) in [5, 5.41) is 9.04. The molecule has 6 heteroatoms. The Balaban J connectivity index is 1.74. The molecule has 0 bridgehead atoms. The summed E-state index contributed by atoms with van der Waals surface area (Å²) in [6, 6.07) is 18.0. The van der Waals surface area contributed by atoms with Gasteiger partial charge in [0.15, 0.2) is 0 Å². The van der Waals surface area contributed by atoms with E-state index in [0.29, 0.717) is 17.9 Å². The fraction of sp³-hybridized carbons (Fsp3) is 0.350. The van der Waals surface area contributed by atoms with Crippen molar-refractivity contribution >= 4 is 21.8 Å². The van der Waals surface area contributed by atoms with E-state index in [0.717, 1.165) is 16.9 Å². The van der Waals surface area contributed by atoms with Gasteiger partial charge in [-0.05, 0) is 48.6 Å². The zero-order valence-electron chi connectivity index (χ0n) is 14.9. The Labute approximate surface area is 159 Å². The Morgan fingerprint density at radius 3 is 2.58 bits per heavy atom. The lowest BCUT2D eigenvalue weighted by Gasteiger charge is -2.21. The molecule has 2 unspecified atom stereocenters. The van der Waals surface area contributed by atoms with Gasteiger partial charge in [0.2, 0.25) is 10.0 Å². The zero-order chi connectivity index (χ0) is 18.7. The number of nitriles is 1. The first-order valence-corrected chi connectivity index (χ1v) is 11.4. The third-order valence-electron chi connectivity index (χ3n) is 4.82. The summed E-state index contributed by atoms with van der Waals surface area (Å²) in [5.74, 6) is 0.945. The highest BCUT2D eigenvalue weighted by Gasteiger charge is 2.37. The van der Waals surface area contributed by atoms with Crippen LogP contribution in [0.25, 0.3) is 0 Å². The number of hydrogen-bond acceptors (Lipinski definition) is 4. The average molecular weight is 387 g/mol. The molecular weight excluding hydrogens is 364 g/mol. The molecule has 0 aliphatic carbocycles. The molecule has 0 saturated carbocycles. The average Bonchev–Trinajstić information content (AvgIpc) is 3.05.